The number of hydrogen-bond donors (Lipinski definition) is 2. The lowest BCUT2D eigenvalue weighted by Gasteiger charge is -2.09. The first-order chi connectivity index (χ1) is 13.7. The minimum atomic E-state index is -0.299. The van der Waals surface area contributed by atoms with Crippen LogP contribution in [0, 0.1) is 0 Å². The van der Waals surface area contributed by atoms with Crippen LogP contribution in [0.3, 0.4) is 0 Å². The average Bonchev–Trinajstić information content (AvgIpc) is 3.11. The van der Waals surface area contributed by atoms with Crippen LogP contribution in [0.2, 0.25) is 0 Å². The third-order valence-electron chi connectivity index (χ3n) is 3.93. The molecule has 0 atom stereocenters. The lowest BCUT2D eigenvalue weighted by atomic mass is 10.2. The first kappa shape index (κ1) is 17.3. The van der Waals surface area contributed by atoms with Gasteiger partial charge in [0.2, 0.25) is 11.9 Å². The molecule has 0 aliphatic carbocycles. The molecule has 0 aliphatic rings. The maximum absolute atomic E-state index is 11.9. The number of aromatic nitrogens is 5. The Labute approximate surface area is 161 Å². The molecule has 138 valence electrons. The largest absolute Gasteiger partial charge is 0.308 e. The summed E-state index contributed by atoms with van der Waals surface area (Å²) in [6.07, 6.45) is 4.55. The van der Waals surface area contributed by atoms with Crippen molar-refractivity contribution in [2.45, 2.75) is 6.92 Å². The van der Waals surface area contributed by atoms with Gasteiger partial charge in [-0.1, -0.05) is 36.4 Å². The molecule has 0 saturated carbocycles. The SMILES string of the molecule is C/C=C/C(=O)Nc1nc(Nc2ncnc3ccccc23)n(-c2ccccc2)n1. The fourth-order valence-corrected chi connectivity index (χ4v) is 2.71. The third-order valence-corrected chi connectivity index (χ3v) is 3.93. The minimum absolute atomic E-state index is 0.188. The number of allylic oxidation sites excluding steroid dienone is 1. The van der Waals surface area contributed by atoms with Gasteiger partial charge in [-0.3, -0.25) is 10.1 Å². The fraction of sp³-hybridized carbons (Fsp3) is 0.0500. The normalized spacial score (nSPS) is 11.0. The molecule has 4 aromatic rings. The summed E-state index contributed by atoms with van der Waals surface area (Å²) in [6.45, 7) is 1.77. The van der Waals surface area contributed by atoms with Crippen molar-refractivity contribution in [1.82, 2.24) is 24.7 Å². The molecule has 2 aromatic carbocycles. The van der Waals surface area contributed by atoms with Crippen LogP contribution in [-0.4, -0.2) is 30.6 Å². The molecule has 4 rings (SSSR count). The monoisotopic (exact) mass is 371 g/mol. The number of hydrogen-bond acceptors (Lipinski definition) is 6. The highest BCUT2D eigenvalue weighted by Gasteiger charge is 2.15. The molecule has 0 unspecified atom stereocenters. The second-order valence-electron chi connectivity index (χ2n) is 5.86. The first-order valence-corrected chi connectivity index (χ1v) is 8.67. The molecular formula is C20H17N7O. The van der Waals surface area contributed by atoms with Crippen LogP contribution in [0.4, 0.5) is 17.7 Å². The Morgan fingerprint density at radius 2 is 1.82 bits per heavy atom. The van der Waals surface area contributed by atoms with Crippen molar-refractivity contribution in [2.75, 3.05) is 10.6 Å². The smallest absolute Gasteiger partial charge is 0.251 e. The summed E-state index contributed by atoms with van der Waals surface area (Å²) < 4.78 is 1.61. The van der Waals surface area contributed by atoms with E-state index < -0.39 is 0 Å². The quantitative estimate of drug-likeness (QED) is 0.521. The highest BCUT2D eigenvalue weighted by Crippen LogP contribution is 2.24. The van der Waals surface area contributed by atoms with Crippen LogP contribution in [0.5, 0.6) is 0 Å². The molecule has 1 amide bonds. The van der Waals surface area contributed by atoms with Crippen LogP contribution < -0.4 is 10.6 Å². The van der Waals surface area contributed by atoms with E-state index in [2.05, 4.69) is 30.7 Å². The molecule has 0 aliphatic heterocycles. The molecule has 8 heteroatoms. The molecular weight excluding hydrogens is 354 g/mol. The lowest BCUT2D eigenvalue weighted by Crippen LogP contribution is -2.09. The number of amides is 1. The van der Waals surface area contributed by atoms with Gasteiger partial charge < -0.3 is 5.32 Å². The Morgan fingerprint density at radius 3 is 2.64 bits per heavy atom. The van der Waals surface area contributed by atoms with E-state index in [1.54, 1.807) is 17.7 Å². The number of benzene rings is 2. The molecule has 2 aromatic heterocycles. The summed E-state index contributed by atoms with van der Waals surface area (Å²) in [5, 5.41) is 11.1. The highest BCUT2D eigenvalue weighted by molar-refractivity contribution is 5.98. The predicted molar refractivity (Wildman–Crippen MR) is 108 cm³/mol. The number of carbonyl (C=O) groups is 1. The standard InChI is InChI=1S/C20H17N7O/c1-2-8-17(28)23-19-25-20(27(26-19)14-9-4-3-5-10-14)24-18-15-11-6-7-12-16(15)21-13-22-18/h2-13H,1H3,(H2,21,22,23,24,25,26,28)/b8-2+. The highest BCUT2D eigenvalue weighted by atomic mass is 16.1. The molecule has 0 fully saturated rings. The van der Waals surface area contributed by atoms with Gasteiger partial charge in [0.1, 0.15) is 12.1 Å². The van der Waals surface area contributed by atoms with E-state index in [0.29, 0.717) is 11.8 Å². The van der Waals surface area contributed by atoms with E-state index >= 15 is 0 Å². The van der Waals surface area contributed by atoms with Gasteiger partial charge in [0.05, 0.1) is 11.2 Å². The van der Waals surface area contributed by atoms with Gasteiger partial charge in [-0.2, -0.15) is 9.67 Å². The van der Waals surface area contributed by atoms with Crippen molar-refractivity contribution in [3.8, 4) is 5.69 Å². The van der Waals surface area contributed by atoms with Gasteiger partial charge in [0.25, 0.3) is 5.95 Å². The molecule has 8 nitrogen and oxygen atoms in total. The van der Waals surface area contributed by atoms with Crippen molar-refractivity contribution in [3.63, 3.8) is 0 Å². The van der Waals surface area contributed by atoms with Crippen molar-refractivity contribution in [3.05, 3.63) is 73.1 Å². The summed E-state index contributed by atoms with van der Waals surface area (Å²) >= 11 is 0. The Morgan fingerprint density at radius 1 is 1.04 bits per heavy atom. The Kier molecular flexibility index (Phi) is 4.75. The van der Waals surface area contributed by atoms with E-state index in [9.17, 15) is 4.79 Å². The van der Waals surface area contributed by atoms with Crippen LogP contribution in [0.1, 0.15) is 6.92 Å². The van der Waals surface area contributed by atoms with Crippen LogP contribution in [-0.2, 0) is 4.79 Å². The maximum Gasteiger partial charge on any atom is 0.251 e. The first-order valence-electron chi connectivity index (χ1n) is 8.67. The van der Waals surface area contributed by atoms with Crippen LogP contribution in [0.25, 0.3) is 16.6 Å². The summed E-state index contributed by atoms with van der Waals surface area (Å²) in [5.41, 5.74) is 1.61. The molecule has 2 N–H and O–H groups in total. The maximum atomic E-state index is 11.9. The molecule has 0 bridgehead atoms. The third kappa shape index (κ3) is 3.56. The number of nitrogens with one attached hydrogen (secondary N) is 2. The molecule has 28 heavy (non-hydrogen) atoms. The summed E-state index contributed by atoms with van der Waals surface area (Å²) in [4.78, 5) is 24.9. The zero-order valence-corrected chi connectivity index (χ0v) is 15.1. The topological polar surface area (TPSA) is 97.6 Å². The number of rotatable bonds is 5. The van der Waals surface area contributed by atoms with Crippen molar-refractivity contribution in [1.29, 1.82) is 0 Å². The van der Waals surface area contributed by atoms with Crippen LogP contribution >= 0.6 is 0 Å². The summed E-state index contributed by atoms with van der Waals surface area (Å²) in [5.74, 6) is 0.909. The van der Waals surface area contributed by atoms with Crippen molar-refractivity contribution in [2.24, 2.45) is 0 Å². The summed E-state index contributed by atoms with van der Waals surface area (Å²) in [6, 6.07) is 17.2. The number of nitrogens with zero attached hydrogens (tertiary/aromatic N) is 5. The number of carbonyl (C=O) groups excluding carboxylic acids is 1. The van der Waals surface area contributed by atoms with E-state index in [0.717, 1.165) is 16.6 Å². The molecule has 0 spiro atoms. The van der Waals surface area contributed by atoms with E-state index in [4.69, 9.17) is 0 Å². The molecule has 2 heterocycles. The minimum Gasteiger partial charge on any atom is -0.308 e. The van der Waals surface area contributed by atoms with Crippen LogP contribution in [0.15, 0.2) is 73.1 Å². The summed E-state index contributed by atoms with van der Waals surface area (Å²) in [7, 11) is 0. The Balaban J connectivity index is 1.76. The second kappa shape index (κ2) is 7.67. The van der Waals surface area contributed by atoms with Gasteiger partial charge in [0.15, 0.2) is 0 Å². The Bertz CT molecular complexity index is 1150. The van der Waals surface area contributed by atoms with Gasteiger partial charge in [-0.05, 0) is 37.3 Å². The van der Waals surface area contributed by atoms with E-state index in [-0.39, 0.29) is 11.9 Å². The van der Waals surface area contributed by atoms with Crippen molar-refractivity contribution >= 4 is 34.5 Å². The predicted octanol–water partition coefficient (Wildman–Crippen LogP) is 3.47. The van der Waals surface area contributed by atoms with Gasteiger partial charge in [-0.25, -0.2) is 9.97 Å². The zero-order chi connectivity index (χ0) is 19.3. The molecule has 0 saturated heterocycles. The number of fused-ring (bicyclic) bond motifs is 1. The van der Waals surface area contributed by atoms with E-state index in [1.165, 1.54) is 12.4 Å². The zero-order valence-electron chi connectivity index (χ0n) is 15.1. The van der Waals surface area contributed by atoms with Crippen molar-refractivity contribution < 1.29 is 4.79 Å². The number of anilines is 3. The van der Waals surface area contributed by atoms with E-state index in [1.807, 2.05) is 54.6 Å². The average molecular weight is 371 g/mol. The van der Waals surface area contributed by atoms with Gasteiger partial charge in [-0.15, -0.1) is 5.10 Å². The second-order valence-corrected chi connectivity index (χ2v) is 5.86. The fourth-order valence-electron chi connectivity index (χ4n) is 2.71. The Hall–Kier alpha value is -4.07. The number of para-hydroxylation sites is 2. The molecule has 0 radical (unpaired) electrons. The lowest BCUT2D eigenvalue weighted by molar-refractivity contribution is -0.112. The van der Waals surface area contributed by atoms with Gasteiger partial charge in [0, 0.05) is 5.39 Å². The van der Waals surface area contributed by atoms with Gasteiger partial charge >= 0.3 is 0 Å².